The van der Waals surface area contributed by atoms with Gasteiger partial charge in [0.2, 0.25) is 10.0 Å². The molecule has 2 aliphatic rings. The van der Waals surface area contributed by atoms with Crippen LogP contribution in [0.1, 0.15) is 38.5 Å². The van der Waals surface area contributed by atoms with Gasteiger partial charge in [-0.15, -0.1) is 0 Å². The summed E-state index contributed by atoms with van der Waals surface area (Å²) in [7, 11) is 1.86. The molecule has 0 aromatic heterocycles. The van der Waals surface area contributed by atoms with Gasteiger partial charge in [0.25, 0.3) is 5.69 Å². The number of hydrogen-bond acceptors (Lipinski definition) is 6. The Hall–Kier alpha value is -1.55. The molecule has 0 unspecified atom stereocenters. The summed E-state index contributed by atoms with van der Waals surface area (Å²) < 4.78 is 28.1. The van der Waals surface area contributed by atoms with Crippen LogP contribution in [0.25, 0.3) is 0 Å². The normalized spacial score (nSPS) is 24.9. The van der Waals surface area contributed by atoms with Crippen LogP contribution in [-0.2, 0) is 10.0 Å². The van der Waals surface area contributed by atoms with Crippen molar-refractivity contribution in [3.05, 3.63) is 34.4 Å². The van der Waals surface area contributed by atoms with E-state index in [-0.39, 0.29) is 22.7 Å². The number of rotatable bonds is 6. The molecule has 0 radical (unpaired) electrons. The standard InChI is InChI=1S/C20H32N4O4S/c1-21-14-12-16(13-15-21)22(2)17-8-4-5-9-18(17)23(3)29(27,28)20-11-7-6-10-19(20)24(25)26/h6-7,10-11,16-18H,4-5,8-9,12-15H2,1-3H3/t17-,18-/m1/s1. The Kier molecular flexibility index (Phi) is 6.93. The van der Waals surface area contributed by atoms with Crippen molar-refractivity contribution < 1.29 is 13.3 Å². The highest BCUT2D eigenvalue weighted by molar-refractivity contribution is 7.89. The van der Waals surface area contributed by atoms with E-state index in [2.05, 4.69) is 23.9 Å². The highest BCUT2D eigenvalue weighted by Gasteiger charge is 2.40. The van der Waals surface area contributed by atoms with Gasteiger partial charge in [-0.05, 0) is 58.9 Å². The number of hydrogen-bond donors (Lipinski definition) is 0. The first-order valence-corrected chi connectivity index (χ1v) is 11.8. The Labute approximate surface area is 173 Å². The van der Waals surface area contributed by atoms with Gasteiger partial charge in [0.1, 0.15) is 0 Å². The van der Waals surface area contributed by atoms with Crippen molar-refractivity contribution in [2.75, 3.05) is 34.2 Å². The Bertz CT molecular complexity index is 824. The van der Waals surface area contributed by atoms with E-state index in [1.165, 1.54) is 28.6 Å². The second kappa shape index (κ2) is 9.07. The van der Waals surface area contributed by atoms with E-state index >= 15 is 0 Å². The van der Waals surface area contributed by atoms with Crippen LogP contribution >= 0.6 is 0 Å². The maximum absolute atomic E-state index is 13.3. The third kappa shape index (κ3) is 4.63. The second-order valence-corrected chi connectivity index (χ2v) is 10.3. The third-order valence-corrected chi connectivity index (χ3v) is 8.60. The summed E-state index contributed by atoms with van der Waals surface area (Å²) in [5.41, 5.74) is -0.365. The monoisotopic (exact) mass is 424 g/mol. The molecule has 2 fully saturated rings. The Morgan fingerprint density at radius 3 is 2.24 bits per heavy atom. The first-order valence-electron chi connectivity index (χ1n) is 10.4. The van der Waals surface area contributed by atoms with E-state index in [1.807, 2.05) is 0 Å². The van der Waals surface area contributed by atoms with E-state index in [9.17, 15) is 18.5 Å². The van der Waals surface area contributed by atoms with Gasteiger partial charge in [-0.1, -0.05) is 25.0 Å². The number of nitro groups is 1. The molecule has 1 saturated carbocycles. The van der Waals surface area contributed by atoms with Gasteiger partial charge in [-0.2, -0.15) is 4.31 Å². The SMILES string of the molecule is CN1CCC(N(C)[C@@H]2CCCC[C@H]2N(C)S(=O)(=O)c2ccccc2[N+](=O)[O-])CC1. The first-order chi connectivity index (χ1) is 13.7. The Morgan fingerprint density at radius 2 is 1.62 bits per heavy atom. The van der Waals surface area contributed by atoms with Crippen molar-refractivity contribution in [1.29, 1.82) is 0 Å². The third-order valence-electron chi connectivity index (χ3n) is 6.67. The maximum atomic E-state index is 13.3. The van der Waals surface area contributed by atoms with Gasteiger partial charge in [0.15, 0.2) is 4.90 Å². The number of likely N-dealkylation sites (N-methyl/N-ethyl adjacent to an activating group) is 2. The highest BCUT2D eigenvalue weighted by Crippen LogP contribution is 2.34. The quantitative estimate of drug-likeness (QED) is 0.515. The minimum absolute atomic E-state index is 0.125. The number of sulfonamides is 1. The predicted molar refractivity (Wildman–Crippen MR) is 112 cm³/mol. The fourth-order valence-corrected chi connectivity index (χ4v) is 6.39. The number of para-hydroxylation sites is 1. The summed E-state index contributed by atoms with van der Waals surface area (Å²) in [6.07, 6.45) is 5.94. The second-order valence-electron chi connectivity index (χ2n) is 8.37. The van der Waals surface area contributed by atoms with Crippen molar-refractivity contribution in [2.24, 2.45) is 0 Å². The molecule has 1 aromatic rings. The largest absolute Gasteiger partial charge is 0.306 e. The molecule has 3 rings (SSSR count). The number of nitrogens with zero attached hydrogens (tertiary/aromatic N) is 4. The fourth-order valence-electron chi connectivity index (χ4n) is 4.82. The molecule has 9 heteroatoms. The lowest BCUT2D eigenvalue weighted by molar-refractivity contribution is -0.387. The molecule has 0 bridgehead atoms. The van der Waals surface area contributed by atoms with Crippen molar-refractivity contribution in [2.45, 2.75) is 61.5 Å². The maximum Gasteiger partial charge on any atom is 0.289 e. The summed E-state index contributed by atoms with van der Waals surface area (Å²) in [5, 5.41) is 11.4. The Morgan fingerprint density at radius 1 is 1.03 bits per heavy atom. The lowest BCUT2D eigenvalue weighted by atomic mass is 9.87. The van der Waals surface area contributed by atoms with Crippen LogP contribution in [-0.4, -0.2) is 79.8 Å². The van der Waals surface area contributed by atoms with E-state index in [1.54, 1.807) is 7.05 Å². The first kappa shape index (κ1) is 22.1. The zero-order valence-corrected chi connectivity index (χ0v) is 18.3. The predicted octanol–water partition coefficient (Wildman–Crippen LogP) is 2.55. The minimum Gasteiger partial charge on any atom is -0.306 e. The molecule has 162 valence electrons. The van der Waals surface area contributed by atoms with E-state index in [4.69, 9.17) is 0 Å². The molecule has 1 heterocycles. The fraction of sp³-hybridized carbons (Fsp3) is 0.700. The number of benzene rings is 1. The number of likely N-dealkylation sites (tertiary alicyclic amines) is 1. The smallest absolute Gasteiger partial charge is 0.289 e. The van der Waals surface area contributed by atoms with E-state index in [0.717, 1.165) is 51.6 Å². The lowest BCUT2D eigenvalue weighted by Crippen LogP contribution is -2.56. The molecule has 1 aliphatic carbocycles. The summed E-state index contributed by atoms with van der Waals surface area (Å²) in [4.78, 5) is 15.2. The molecule has 8 nitrogen and oxygen atoms in total. The number of nitro benzene ring substituents is 1. The zero-order valence-electron chi connectivity index (χ0n) is 17.5. The van der Waals surface area contributed by atoms with Gasteiger partial charge in [0.05, 0.1) is 4.92 Å². The van der Waals surface area contributed by atoms with Crippen LogP contribution in [0.3, 0.4) is 0 Å². The van der Waals surface area contributed by atoms with Gasteiger partial charge in [0, 0.05) is 31.2 Å². The molecule has 1 aliphatic heterocycles. The molecule has 29 heavy (non-hydrogen) atoms. The molecular formula is C20H32N4O4S. The van der Waals surface area contributed by atoms with E-state index < -0.39 is 14.9 Å². The van der Waals surface area contributed by atoms with Gasteiger partial charge in [-0.25, -0.2) is 8.42 Å². The van der Waals surface area contributed by atoms with Crippen LogP contribution in [0, 0.1) is 10.1 Å². The highest BCUT2D eigenvalue weighted by atomic mass is 32.2. The minimum atomic E-state index is -3.96. The molecule has 0 spiro atoms. The van der Waals surface area contributed by atoms with Crippen molar-refractivity contribution >= 4 is 15.7 Å². The molecule has 1 saturated heterocycles. The average Bonchev–Trinajstić information content (AvgIpc) is 2.73. The van der Waals surface area contributed by atoms with Crippen molar-refractivity contribution in [3.8, 4) is 0 Å². The lowest BCUT2D eigenvalue weighted by Gasteiger charge is -2.46. The van der Waals surface area contributed by atoms with Crippen LogP contribution in [0.2, 0.25) is 0 Å². The summed E-state index contributed by atoms with van der Waals surface area (Å²) >= 11 is 0. The average molecular weight is 425 g/mol. The van der Waals surface area contributed by atoms with Crippen molar-refractivity contribution in [1.82, 2.24) is 14.1 Å². The van der Waals surface area contributed by atoms with Gasteiger partial charge >= 0.3 is 0 Å². The number of piperidine rings is 1. The van der Waals surface area contributed by atoms with Crippen LogP contribution in [0.5, 0.6) is 0 Å². The van der Waals surface area contributed by atoms with Crippen LogP contribution in [0.15, 0.2) is 29.2 Å². The van der Waals surface area contributed by atoms with Crippen molar-refractivity contribution in [3.63, 3.8) is 0 Å². The molecule has 0 amide bonds. The van der Waals surface area contributed by atoms with Gasteiger partial charge < -0.3 is 4.90 Å². The Balaban J connectivity index is 1.85. The molecule has 0 N–H and O–H groups in total. The summed E-state index contributed by atoms with van der Waals surface area (Å²) in [6, 6.07) is 6.01. The summed E-state index contributed by atoms with van der Waals surface area (Å²) in [5.74, 6) is 0. The molecule has 2 atom stereocenters. The topological polar surface area (TPSA) is 87.0 Å². The van der Waals surface area contributed by atoms with Gasteiger partial charge in [-0.3, -0.25) is 15.0 Å². The van der Waals surface area contributed by atoms with Crippen LogP contribution in [0.4, 0.5) is 5.69 Å². The zero-order chi connectivity index (χ0) is 21.2. The molecular weight excluding hydrogens is 392 g/mol. The van der Waals surface area contributed by atoms with E-state index in [0.29, 0.717) is 6.04 Å². The molecule has 1 aromatic carbocycles. The van der Waals surface area contributed by atoms with Crippen LogP contribution < -0.4 is 0 Å². The summed E-state index contributed by atoms with van der Waals surface area (Å²) in [6.45, 7) is 2.10.